The van der Waals surface area contributed by atoms with Crippen molar-refractivity contribution < 1.29 is 4.79 Å². The summed E-state index contributed by atoms with van der Waals surface area (Å²) in [6.45, 7) is 0. The Balaban J connectivity index is 1.59. The number of halogens is 1. The zero-order chi connectivity index (χ0) is 17.9. The number of amides is 1. The second-order valence-electron chi connectivity index (χ2n) is 5.56. The van der Waals surface area contributed by atoms with Crippen LogP contribution in [0.4, 0.5) is 5.69 Å². The molecule has 0 saturated carbocycles. The van der Waals surface area contributed by atoms with Crippen LogP contribution in [-0.4, -0.2) is 25.2 Å². The number of hydrogen-bond acceptors (Lipinski definition) is 3. The maximum atomic E-state index is 12.6. The minimum absolute atomic E-state index is 0.250. The van der Waals surface area contributed by atoms with Crippen LogP contribution < -0.4 is 5.32 Å². The van der Waals surface area contributed by atoms with E-state index < -0.39 is 0 Å². The van der Waals surface area contributed by atoms with E-state index in [9.17, 15) is 4.79 Å². The fourth-order valence-electron chi connectivity index (χ4n) is 2.57. The lowest BCUT2D eigenvalue weighted by Crippen LogP contribution is -2.14. The highest BCUT2D eigenvalue weighted by Crippen LogP contribution is 2.25. The third-order valence-electron chi connectivity index (χ3n) is 3.84. The van der Waals surface area contributed by atoms with E-state index in [2.05, 4.69) is 15.4 Å². The third kappa shape index (κ3) is 3.22. The smallest absolute Gasteiger partial charge is 0.257 e. The second-order valence-corrected chi connectivity index (χ2v) is 6.00. The first-order valence-electron chi connectivity index (χ1n) is 7.91. The van der Waals surface area contributed by atoms with Gasteiger partial charge in [0.2, 0.25) is 0 Å². The number of anilines is 1. The lowest BCUT2D eigenvalue weighted by atomic mass is 10.2. The summed E-state index contributed by atoms with van der Waals surface area (Å²) in [6.07, 6.45) is 8.77. The molecule has 26 heavy (non-hydrogen) atoms. The molecule has 0 bridgehead atoms. The Bertz CT molecular complexity index is 1020. The number of nitrogens with zero attached hydrogens (tertiary/aromatic N) is 4. The van der Waals surface area contributed by atoms with Gasteiger partial charge >= 0.3 is 0 Å². The van der Waals surface area contributed by atoms with Gasteiger partial charge in [-0.1, -0.05) is 11.6 Å². The van der Waals surface area contributed by atoms with E-state index in [1.807, 2.05) is 35.2 Å². The number of rotatable bonds is 4. The van der Waals surface area contributed by atoms with Gasteiger partial charge in [0, 0.05) is 36.0 Å². The van der Waals surface area contributed by atoms with Crippen LogP contribution in [-0.2, 0) is 0 Å². The summed E-state index contributed by atoms with van der Waals surface area (Å²) in [7, 11) is 0. The van der Waals surface area contributed by atoms with Crippen LogP contribution in [0.1, 0.15) is 10.4 Å². The first-order valence-corrected chi connectivity index (χ1v) is 8.29. The van der Waals surface area contributed by atoms with Crippen LogP contribution >= 0.6 is 11.6 Å². The summed E-state index contributed by atoms with van der Waals surface area (Å²) >= 11 is 6.11. The Morgan fingerprint density at radius 2 is 1.88 bits per heavy atom. The highest BCUT2D eigenvalue weighted by Gasteiger charge is 2.11. The third-order valence-corrected chi connectivity index (χ3v) is 4.07. The average Bonchev–Trinajstić information content (AvgIpc) is 3.37. The maximum Gasteiger partial charge on any atom is 0.257 e. The zero-order valence-electron chi connectivity index (χ0n) is 13.6. The van der Waals surface area contributed by atoms with E-state index >= 15 is 0 Å². The monoisotopic (exact) mass is 363 g/mol. The molecule has 7 heteroatoms. The molecule has 0 spiro atoms. The average molecular weight is 364 g/mol. The molecule has 128 valence electrons. The summed E-state index contributed by atoms with van der Waals surface area (Å²) in [6, 6.07) is 14.4. The van der Waals surface area contributed by atoms with Crippen molar-refractivity contribution in [3.63, 3.8) is 0 Å². The number of hydrogen-bond donors (Lipinski definition) is 1. The Labute approximate surface area is 154 Å². The zero-order valence-corrected chi connectivity index (χ0v) is 14.3. The Hall–Kier alpha value is -3.38. The summed E-state index contributed by atoms with van der Waals surface area (Å²) in [5, 5.41) is 7.63. The first kappa shape index (κ1) is 16.1. The molecule has 0 aliphatic heterocycles. The van der Waals surface area contributed by atoms with Gasteiger partial charge in [-0.2, -0.15) is 5.10 Å². The number of pyridine rings is 1. The van der Waals surface area contributed by atoms with Crippen LogP contribution in [0.5, 0.6) is 0 Å². The normalized spacial score (nSPS) is 10.7. The molecule has 4 aromatic rings. The molecule has 1 aromatic carbocycles. The van der Waals surface area contributed by atoms with E-state index in [0.717, 1.165) is 5.69 Å². The second kappa shape index (κ2) is 6.85. The van der Waals surface area contributed by atoms with Gasteiger partial charge in [0.05, 0.1) is 16.9 Å². The predicted octanol–water partition coefficient (Wildman–Crippen LogP) is 3.96. The van der Waals surface area contributed by atoms with Gasteiger partial charge in [-0.25, -0.2) is 9.67 Å². The highest BCUT2D eigenvalue weighted by atomic mass is 35.5. The first-order chi connectivity index (χ1) is 12.7. The van der Waals surface area contributed by atoms with Gasteiger partial charge in [0.15, 0.2) is 5.82 Å². The van der Waals surface area contributed by atoms with Crippen molar-refractivity contribution in [1.29, 1.82) is 0 Å². The number of benzene rings is 1. The van der Waals surface area contributed by atoms with Crippen LogP contribution in [0.25, 0.3) is 11.5 Å². The van der Waals surface area contributed by atoms with Crippen molar-refractivity contribution in [3.05, 3.63) is 90.1 Å². The van der Waals surface area contributed by atoms with Gasteiger partial charge in [0.1, 0.15) is 0 Å². The van der Waals surface area contributed by atoms with Gasteiger partial charge in [-0.15, -0.1) is 0 Å². The van der Waals surface area contributed by atoms with Crippen LogP contribution in [0.15, 0.2) is 79.5 Å². The number of aromatic nitrogens is 4. The molecule has 6 nitrogen and oxygen atoms in total. The SMILES string of the molecule is O=C(Nc1ccc(Cl)cc1-n1cccc1)c1ccc(-n2cccn2)nc1. The molecule has 1 N–H and O–H groups in total. The Kier molecular flexibility index (Phi) is 4.25. The number of nitrogens with one attached hydrogen (secondary N) is 1. The van der Waals surface area contributed by atoms with Crippen molar-refractivity contribution in [1.82, 2.24) is 19.3 Å². The van der Waals surface area contributed by atoms with Crippen molar-refractivity contribution in [2.45, 2.75) is 0 Å². The van der Waals surface area contributed by atoms with Crippen LogP contribution in [0.3, 0.4) is 0 Å². The molecule has 3 heterocycles. The van der Waals surface area contributed by atoms with Crippen molar-refractivity contribution in [2.75, 3.05) is 5.32 Å². The fraction of sp³-hybridized carbons (Fsp3) is 0. The molecule has 4 rings (SSSR count). The van der Waals surface area contributed by atoms with E-state index in [0.29, 0.717) is 22.1 Å². The van der Waals surface area contributed by atoms with Gasteiger partial charge in [-0.3, -0.25) is 4.79 Å². The Morgan fingerprint density at radius 3 is 2.58 bits per heavy atom. The molecule has 0 fully saturated rings. The molecule has 0 radical (unpaired) electrons. The molecule has 0 atom stereocenters. The minimum atomic E-state index is -0.250. The summed E-state index contributed by atoms with van der Waals surface area (Å²) in [4.78, 5) is 16.9. The van der Waals surface area contributed by atoms with Crippen molar-refractivity contribution in [2.24, 2.45) is 0 Å². The van der Waals surface area contributed by atoms with E-state index in [1.165, 1.54) is 6.20 Å². The van der Waals surface area contributed by atoms with E-state index in [4.69, 9.17) is 11.6 Å². The molecule has 0 unspecified atom stereocenters. The topological polar surface area (TPSA) is 64.7 Å². The van der Waals surface area contributed by atoms with Gasteiger partial charge < -0.3 is 9.88 Å². The Morgan fingerprint density at radius 1 is 1.04 bits per heavy atom. The van der Waals surface area contributed by atoms with E-state index in [-0.39, 0.29) is 5.91 Å². The number of carbonyl (C=O) groups is 1. The lowest BCUT2D eigenvalue weighted by Gasteiger charge is -2.13. The van der Waals surface area contributed by atoms with Crippen molar-refractivity contribution >= 4 is 23.2 Å². The summed E-state index contributed by atoms with van der Waals surface area (Å²) in [5.41, 5.74) is 1.90. The molecule has 0 aliphatic carbocycles. The maximum absolute atomic E-state index is 12.6. The fourth-order valence-corrected chi connectivity index (χ4v) is 2.74. The highest BCUT2D eigenvalue weighted by molar-refractivity contribution is 6.31. The van der Waals surface area contributed by atoms with Gasteiger partial charge in [-0.05, 0) is 48.5 Å². The quantitative estimate of drug-likeness (QED) is 0.596. The molecular formula is C19H14ClN5O. The summed E-state index contributed by atoms with van der Waals surface area (Å²) in [5.74, 6) is 0.395. The molecule has 0 aliphatic rings. The van der Waals surface area contributed by atoms with Crippen LogP contribution in [0.2, 0.25) is 5.02 Å². The largest absolute Gasteiger partial charge is 0.322 e. The number of carbonyl (C=O) groups excluding carboxylic acids is 1. The molecular weight excluding hydrogens is 350 g/mol. The van der Waals surface area contributed by atoms with Crippen molar-refractivity contribution in [3.8, 4) is 11.5 Å². The summed E-state index contributed by atoms with van der Waals surface area (Å²) < 4.78 is 3.52. The van der Waals surface area contributed by atoms with Gasteiger partial charge in [0.25, 0.3) is 5.91 Å². The lowest BCUT2D eigenvalue weighted by molar-refractivity contribution is 0.102. The minimum Gasteiger partial charge on any atom is -0.322 e. The van der Waals surface area contributed by atoms with E-state index in [1.54, 1.807) is 47.4 Å². The molecule has 0 saturated heterocycles. The molecule has 1 amide bonds. The molecule has 3 aromatic heterocycles. The van der Waals surface area contributed by atoms with Crippen LogP contribution in [0, 0.1) is 0 Å². The predicted molar refractivity (Wildman–Crippen MR) is 100 cm³/mol. The standard InChI is InChI=1S/C19H14ClN5O/c20-15-5-6-16(17(12-15)24-9-1-2-10-24)23-19(26)14-4-7-18(21-13-14)25-11-3-8-22-25/h1-13H,(H,23,26).